The Morgan fingerprint density at radius 1 is 0.833 bits per heavy atom. The molecule has 1 heterocycles. The van der Waals surface area contributed by atoms with Gasteiger partial charge in [0.25, 0.3) is 0 Å². The average Bonchev–Trinajstić information content (AvgIpc) is 3.05. The molecule has 0 aliphatic carbocycles. The van der Waals surface area contributed by atoms with Gasteiger partial charge in [-0.1, -0.05) is 110 Å². The van der Waals surface area contributed by atoms with Gasteiger partial charge in [0, 0.05) is 30.6 Å². The van der Waals surface area contributed by atoms with Crippen molar-refractivity contribution in [3.63, 3.8) is 0 Å². The van der Waals surface area contributed by atoms with Crippen LogP contribution in [0.15, 0.2) is 103 Å². The average molecular weight is 567 g/mol. The largest absolute Gasteiger partial charge is 0.392 e. The summed E-state index contributed by atoms with van der Waals surface area (Å²) in [5.41, 5.74) is 13.1. The van der Waals surface area contributed by atoms with Gasteiger partial charge in [-0.2, -0.15) is 0 Å². The highest BCUT2D eigenvalue weighted by atomic mass is 16.7. The molecule has 4 aromatic rings. The second kappa shape index (κ2) is 13.7. The van der Waals surface area contributed by atoms with Gasteiger partial charge >= 0.3 is 0 Å². The smallest absolute Gasteiger partial charge is 0.184 e. The van der Waals surface area contributed by atoms with Gasteiger partial charge in [-0.3, -0.25) is 4.90 Å². The Balaban J connectivity index is 1.40. The van der Waals surface area contributed by atoms with E-state index in [0.29, 0.717) is 13.1 Å². The number of rotatable bonds is 10. The fourth-order valence-corrected chi connectivity index (χ4v) is 5.75. The van der Waals surface area contributed by atoms with Crippen LogP contribution in [0.25, 0.3) is 11.1 Å². The number of nitrogens with zero attached hydrogens (tertiary/aromatic N) is 1. The molecule has 0 bridgehead atoms. The molecule has 1 fully saturated rings. The maximum absolute atomic E-state index is 11.1. The molecule has 0 amide bonds. The minimum Gasteiger partial charge on any atom is -0.392 e. The number of likely N-dealkylation sites (N-methyl/N-ethyl adjacent to an activating group) is 1. The Labute approximate surface area is 249 Å². The van der Waals surface area contributed by atoms with Gasteiger partial charge in [0.05, 0.1) is 24.9 Å². The first-order valence-corrected chi connectivity index (χ1v) is 14.7. The van der Waals surface area contributed by atoms with E-state index < -0.39 is 12.4 Å². The second-order valence-corrected chi connectivity index (χ2v) is 11.3. The number of hydrogen-bond donors (Lipinski definition) is 3. The van der Waals surface area contributed by atoms with Crippen LogP contribution in [0.5, 0.6) is 0 Å². The first-order valence-electron chi connectivity index (χ1n) is 14.7. The van der Waals surface area contributed by atoms with E-state index in [-0.39, 0.29) is 30.8 Å². The van der Waals surface area contributed by atoms with Crippen molar-refractivity contribution in [2.24, 2.45) is 11.7 Å². The van der Waals surface area contributed by atoms with Crippen molar-refractivity contribution in [3.8, 4) is 11.1 Å². The standard InChI is InChI=1S/C36H42N2O4/c1-24-33(22-38(3)25(2)34(40)28-9-5-4-6-10-28)41-36(42-35(24)29-15-13-26(23-39)14-16-29)30-19-17-27(18-20-30)32-12-8-7-11-31(32)21-37/h4-20,24-25,33-36,39-40H,21-23,37H2,1-3H3/t24-,25+,33+,34+,35+,36+/m1/s1. The quantitative estimate of drug-likeness (QED) is 0.213. The maximum atomic E-state index is 11.1. The van der Waals surface area contributed by atoms with Crippen LogP contribution >= 0.6 is 0 Å². The molecule has 6 atom stereocenters. The molecule has 0 saturated carbocycles. The van der Waals surface area contributed by atoms with E-state index in [1.54, 1.807) is 0 Å². The topological polar surface area (TPSA) is 88.2 Å². The molecule has 220 valence electrons. The van der Waals surface area contributed by atoms with Gasteiger partial charge in [-0.25, -0.2) is 0 Å². The van der Waals surface area contributed by atoms with Crippen LogP contribution in [0.4, 0.5) is 0 Å². The zero-order valence-corrected chi connectivity index (χ0v) is 24.6. The van der Waals surface area contributed by atoms with E-state index in [0.717, 1.165) is 38.9 Å². The summed E-state index contributed by atoms with van der Waals surface area (Å²) in [6.07, 6.45) is -1.54. The lowest BCUT2D eigenvalue weighted by Gasteiger charge is -2.43. The summed E-state index contributed by atoms with van der Waals surface area (Å²) in [5, 5.41) is 20.6. The Kier molecular flexibility index (Phi) is 9.85. The first kappa shape index (κ1) is 30.1. The minimum atomic E-state index is -0.618. The van der Waals surface area contributed by atoms with Gasteiger partial charge in [-0.05, 0) is 47.4 Å². The molecule has 6 heteroatoms. The Hall–Kier alpha value is -3.36. The fraction of sp³-hybridized carbons (Fsp3) is 0.333. The number of ether oxygens (including phenoxy) is 2. The van der Waals surface area contributed by atoms with E-state index in [4.69, 9.17) is 15.2 Å². The molecule has 42 heavy (non-hydrogen) atoms. The first-order chi connectivity index (χ1) is 20.4. The summed E-state index contributed by atoms with van der Waals surface area (Å²) in [6.45, 7) is 5.31. The highest BCUT2D eigenvalue weighted by Crippen LogP contribution is 2.42. The van der Waals surface area contributed by atoms with Crippen molar-refractivity contribution in [1.82, 2.24) is 4.90 Å². The number of benzene rings is 4. The minimum absolute atomic E-state index is 0.00176. The van der Waals surface area contributed by atoms with Gasteiger partial charge in [0.2, 0.25) is 0 Å². The third-order valence-corrected chi connectivity index (χ3v) is 8.62. The van der Waals surface area contributed by atoms with Crippen LogP contribution in [0.2, 0.25) is 0 Å². The molecule has 6 nitrogen and oxygen atoms in total. The monoisotopic (exact) mass is 566 g/mol. The van der Waals surface area contributed by atoms with Crippen LogP contribution in [0, 0.1) is 5.92 Å². The summed E-state index contributed by atoms with van der Waals surface area (Å²) in [5.74, 6) is 0.0421. The van der Waals surface area contributed by atoms with Gasteiger partial charge < -0.3 is 25.4 Å². The molecular formula is C36H42N2O4. The highest BCUT2D eigenvalue weighted by Gasteiger charge is 2.39. The van der Waals surface area contributed by atoms with Gasteiger partial charge in [0.1, 0.15) is 0 Å². The summed E-state index contributed by atoms with van der Waals surface area (Å²) in [6, 6.07) is 34.1. The van der Waals surface area contributed by atoms with Crippen molar-refractivity contribution in [2.75, 3.05) is 13.6 Å². The predicted octanol–water partition coefficient (Wildman–Crippen LogP) is 6.15. The Bertz CT molecular complexity index is 1410. The predicted molar refractivity (Wildman–Crippen MR) is 166 cm³/mol. The highest BCUT2D eigenvalue weighted by molar-refractivity contribution is 5.67. The summed E-state index contributed by atoms with van der Waals surface area (Å²) < 4.78 is 13.3. The lowest BCUT2D eigenvalue weighted by molar-refractivity contribution is -0.276. The molecule has 4 N–H and O–H groups in total. The van der Waals surface area contributed by atoms with Crippen LogP contribution in [-0.4, -0.2) is 40.9 Å². The normalized spacial score (nSPS) is 22.2. The Morgan fingerprint density at radius 3 is 2.14 bits per heavy atom. The SMILES string of the molecule is C[C@@H]1[C@H](CN(C)[C@@H](C)[C@H](O)c2ccccc2)O[C@H](c2ccc(-c3ccccc3CN)cc2)O[C@@H]1c1ccc(CO)cc1. The molecule has 0 unspecified atom stereocenters. The fourth-order valence-electron chi connectivity index (χ4n) is 5.75. The third kappa shape index (κ3) is 6.65. The van der Waals surface area contributed by atoms with E-state index in [9.17, 15) is 10.2 Å². The van der Waals surface area contributed by atoms with Crippen molar-refractivity contribution in [3.05, 3.63) is 131 Å². The molecule has 1 aliphatic rings. The molecule has 0 aromatic heterocycles. The van der Waals surface area contributed by atoms with Crippen LogP contribution in [0.1, 0.15) is 60.2 Å². The van der Waals surface area contributed by atoms with Crippen LogP contribution in [0.3, 0.4) is 0 Å². The van der Waals surface area contributed by atoms with Crippen molar-refractivity contribution >= 4 is 0 Å². The number of hydrogen-bond acceptors (Lipinski definition) is 6. The number of aliphatic hydroxyl groups excluding tert-OH is 2. The third-order valence-electron chi connectivity index (χ3n) is 8.62. The van der Waals surface area contributed by atoms with Crippen molar-refractivity contribution < 1.29 is 19.7 Å². The maximum Gasteiger partial charge on any atom is 0.184 e. The van der Waals surface area contributed by atoms with Gasteiger partial charge in [-0.15, -0.1) is 0 Å². The van der Waals surface area contributed by atoms with Gasteiger partial charge in [0.15, 0.2) is 6.29 Å². The molecule has 1 saturated heterocycles. The molecule has 1 aliphatic heterocycles. The van der Waals surface area contributed by atoms with Crippen molar-refractivity contribution in [2.45, 2.75) is 57.6 Å². The molecule has 0 radical (unpaired) electrons. The number of aliphatic hydroxyl groups is 2. The van der Waals surface area contributed by atoms with E-state index in [1.165, 1.54) is 0 Å². The molecular weight excluding hydrogens is 524 g/mol. The molecule has 4 aromatic carbocycles. The lowest BCUT2D eigenvalue weighted by atomic mass is 9.89. The summed E-state index contributed by atoms with van der Waals surface area (Å²) in [7, 11) is 2.03. The van der Waals surface area contributed by atoms with Crippen molar-refractivity contribution in [1.29, 1.82) is 0 Å². The summed E-state index contributed by atoms with van der Waals surface area (Å²) in [4.78, 5) is 2.17. The molecule has 5 rings (SSSR count). The second-order valence-electron chi connectivity index (χ2n) is 11.3. The van der Waals surface area contributed by atoms with Crippen LogP contribution < -0.4 is 5.73 Å². The number of nitrogens with two attached hydrogens (primary N) is 1. The van der Waals surface area contributed by atoms with E-state index in [1.807, 2.05) is 80.7 Å². The van der Waals surface area contributed by atoms with Crippen LogP contribution in [-0.2, 0) is 22.6 Å². The van der Waals surface area contributed by atoms with E-state index in [2.05, 4.69) is 48.2 Å². The zero-order valence-electron chi connectivity index (χ0n) is 24.6. The lowest BCUT2D eigenvalue weighted by Crippen LogP contribution is -2.46. The van der Waals surface area contributed by atoms with E-state index >= 15 is 0 Å². The Morgan fingerprint density at radius 2 is 1.48 bits per heavy atom. The summed E-state index contributed by atoms with van der Waals surface area (Å²) >= 11 is 0. The zero-order chi connectivity index (χ0) is 29.6. The molecule has 0 spiro atoms.